The largest absolute Gasteiger partial charge is 0.365 e. The number of carbonyl (C=O) groups is 2. The quantitative estimate of drug-likeness (QED) is 0.891. The Balaban J connectivity index is 1.85. The predicted octanol–water partition coefficient (Wildman–Crippen LogP) is 3.49. The van der Waals surface area contributed by atoms with Crippen molar-refractivity contribution in [3.05, 3.63) is 16.0 Å². The molecule has 0 bridgehead atoms. The number of hydrogen-bond donors (Lipinski definition) is 2. The highest BCUT2D eigenvalue weighted by molar-refractivity contribution is 7.17. The zero-order chi connectivity index (χ0) is 15.7. The summed E-state index contributed by atoms with van der Waals surface area (Å²) < 4.78 is 0. The number of nitrogens with two attached hydrogens (primary N) is 1. The van der Waals surface area contributed by atoms with Crippen molar-refractivity contribution in [3.63, 3.8) is 0 Å². The van der Waals surface area contributed by atoms with Gasteiger partial charge in [-0.05, 0) is 43.6 Å². The molecule has 1 atom stereocenters. The number of thiophene rings is 1. The molecule has 2 aliphatic carbocycles. The van der Waals surface area contributed by atoms with Crippen molar-refractivity contribution in [3.8, 4) is 0 Å². The van der Waals surface area contributed by atoms with Gasteiger partial charge in [-0.1, -0.05) is 26.2 Å². The van der Waals surface area contributed by atoms with Gasteiger partial charge in [0.05, 0.1) is 5.56 Å². The van der Waals surface area contributed by atoms with E-state index in [4.69, 9.17) is 5.73 Å². The molecule has 22 heavy (non-hydrogen) atoms. The van der Waals surface area contributed by atoms with E-state index in [1.165, 1.54) is 4.88 Å². The smallest absolute Gasteiger partial charge is 0.251 e. The molecule has 1 aromatic rings. The van der Waals surface area contributed by atoms with Gasteiger partial charge >= 0.3 is 0 Å². The lowest BCUT2D eigenvalue weighted by Gasteiger charge is -2.20. The number of amides is 2. The predicted molar refractivity (Wildman–Crippen MR) is 89.2 cm³/mol. The van der Waals surface area contributed by atoms with Gasteiger partial charge < -0.3 is 11.1 Å². The van der Waals surface area contributed by atoms with Crippen LogP contribution in [0.3, 0.4) is 0 Å². The Hall–Kier alpha value is -1.36. The molecule has 0 unspecified atom stereocenters. The van der Waals surface area contributed by atoms with Gasteiger partial charge in [-0.2, -0.15) is 0 Å². The first kappa shape index (κ1) is 15.5. The van der Waals surface area contributed by atoms with E-state index in [0.717, 1.165) is 56.9 Å². The fourth-order valence-corrected chi connectivity index (χ4v) is 5.12. The Kier molecular flexibility index (Phi) is 4.52. The minimum atomic E-state index is -0.408. The third-order valence-electron chi connectivity index (χ3n) is 5.15. The highest BCUT2D eigenvalue weighted by atomic mass is 32.1. The van der Waals surface area contributed by atoms with E-state index in [0.29, 0.717) is 16.5 Å². The first-order valence-electron chi connectivity index (χ1n) is 8.35. The van der Waals surface area contributed by atoms with E-state index in [-0.39, 0.29) is 11.8 Å². The van der Waals surface area contributed by atoms with Crippen LogP contribution in [0.25, 0.3) is 0 Å². The average Bonchev–Trinajstić information content (AvgIpc) is 3.13. The Bertz CT molecular complexity index is 588. The highest BCUT2D eigenvalue weighted by Gasteiger charge is 2.30. The normalized spacial score (nSPS) is 21.6. The lowest BCUT2D eigenvalue weighted by atomic mass is 9.85. The fourth-order valence-electron chi connectivity index (χ4n) is 3.75. The van der Waals surface area contributed by atoms with E-state index in [9.17, 15) is 9.59 Å². The maximum Gasteiger partial charge on any atom is 0.251 e. The molecule has 2 aliphatic rings. The number of fused-ring (bicyclic) bond motifs is 1. The van der Waals surface area contributed by atoms with Gasteiger partial charge in [-0.25, -0.2) is 0 Å². The maximum absolute atomic E-state index is 12.4. The molecule has 3 N–H and O–H groups in total. The zero-order valence-corrected chi connectivity index (χ0v) is 13.9. The van der Waals surface area contributed by atoms with Crippen LogP contribution in [0, 0.1) is 11.8 Å². The van der Waals surface area contributed by atoms with Crippen LogP contribution in [-0.4, -0.2) is 11.8 Å². The third kappa shape index (κ3) is 2.91. The lowest BCUT2D eigenvalue weighted by Crippen LogP contribution is -2.23. The van der Waals surface area contributed by atoms with Crippen molar-refractivity contribution < 1.29 is 9.59 Å². The highest BCUT2D eigenvalue weighted by Crippen LogP contribution is 2.40. The molecule has 0 saturated heterocycles. The van der Waals surface area contributed by atoms with Gasteiger partial charge in [0, 0.05) is 10.8 Å². The summed E-state index contributed by atoms with van der Waals surface area (Å²) in [4.78, 5) is 25.5. The molecular weight excluding hydrogens is 296 g/mol. The van der Waals surface area contributed by atoms with Crippen molar-refractivity contribution in [2.75, 3.05) is 5.32 Å². The van der Waals surface area contributed by atoms with Crippen molar-refractivity contribution in [1.29, 1.82) is 0 Å². The molecule has 0 radical (unpaired) electrons. The van der Waals surface area contributed by atoms with Crippen molar-refractivity contribution >= 4 is 28.2 Å². The second-order valence-corrected chi connectivity index (χ2v) is 7.67. The van der Waals surface area contributed by atoms with E-state index in [2.05, 4.69) is 12.2 Å². The SMILES string of the molecule is CC[C@@H]1CCc2c(sc(NC(=O)C3CCCC3)c2C(N)=O)C1. The van der Waals surface area contributed by atoms with Crippen molar-refractivity contribution in [2.24, 2.45) is 17.6 Å². The molecule has 120 valence electrons. The molecule has 5 heteroatoms. The van der Waals surface area contributed by atoms with Crippen LogP contribution < -0.4 is 11.1 Å². The van der Waals surface area contributed by atoms with Crippen LogP contribution >= 0.6 is 11.3 Å². The van der Waals surface area contributed by atoms with Gasteiger partial charge in [0.2, 0.25) is 5.91 Å². The van der Waals surface area contributed by atoms with Crippen molar-refractivity contribution in [1.82, 2.24) is 0 Å². The summed E-state index contributed by atoms with van der Waals surface area (Å²) in [6.07, 6.45) is 8.35. The second-order valence-electron chi connectivity index (χ2n) is 6.56. The molecule has 1 fully saturated rings. The Labute approximate surface area is 135 Å². The van der Waals surface area contributed by atoms with Crippen molar-refractivity contribution in [2.45, 2.75) is 58.3 Å². The van der Waals surface area contributed by atoms with Gasteiger partial charge in [-0.3, -0.25) is 9.59 Å². The number of carbonyl (C=O) groups excluding carboxylic acids is 2. The summed E-state index contributed by atoms with van der Waals surface area (Å²) in [7, 11) is 0. The summed E-state index contributed by atoms with van der Waals surface area (Å²) in [5, 5.41) is 3.69. The standard InChI is InChI=1S/C17H24N2O2S/c1-2-10-7-8-12-13(9-10)22-17(14(12)15(18)20)19-16(21)11-5-3-4-6-11/h10-11H,2-9H2,1H3,(H2,18,20)(H,19,21)/t10-/m1/s1. The molecular formula is C17H24N2O2S. The van der Waals surface area contributed by atoms with Crippen LogP contribution in [0.1, 0.15) is 66.2 Å². The lowest BCUT2D eigenvalue weighted by molar-refractivity contribution is -0.119. The molecule has 4 nitrogen and oxygen atoms in total. The second kappa shape index (κ2) is 6.41. The van der Waals surface area contributed by atoms with Gasteiger partial charge in [0.25, 0.3) is 5.91 Å². The van der Waals surface area contributed by atoms with Crippen LogP contribution in [0.2, 0.25) is 0 Å². The summed E-state index contributed by atoms with van der Waals surface area (Å²) in [5.41, 5.74) is 7.25. The van der Waals surface area contributed by atoms with E-state index in [1.807, 2.05) is 0 Å². The summed E-state index contributed by atoms with van der Waals surface area (Å²) in [5.74, 6) is 0.438. The van der Waals surface area contributed by atoms with Crippen LogP contribution in [0.15, 0.2) is 0 Å². The monoisotopic (exact) mass is 320 g/mol. The van der Waals surface area contributed by atoms with E-state index >= 15 is 0 Å². The molecule has 0 aromatic carbocycles. The summed E-state index contributed by atoms with van der Waals surface area (Å²) >= 11 is 1.56. The zero-order valence-electron chi connectivity index (χ0n) is 13.1. The Morgan fingerprint density at radius 1 is 1.27 bits per heavy atom. The molecule has 3 rings (SSSR count). The van der Waals surface area contributed by atoms with Gasteiger partial charge in [0.1, 0.15) is 5.00 Å². The topological polar surface area (TPSA) is 72.2 Å². The van der Waals surface area contributed by atoms with Crippen LogP contribution in [0.5, 0.6) is 0 Å². The molecule has 0 aliphatic heterocycles. The minimum absolute atomic E-state index is 0.0608. The van der Waals surface area contributed by atoms with Crippen LogP contribution in [-0.2, 0) is 17.6 Å². The van der Waals surface area contributed by atoms with E-state index in [1.54, 1.807) is 11.3 Å². The molecule has 1 heterocycles. The average molecular weight is 320 g/mol. The first-order valence-corrected chi connectivity index (χ1v) is 9.17. The Morgan fingerprint density at radius 2 is 2.00 bits per heavy atom. The first-order chi connectivity index (χ1) is 10.6. The van der Waals surface area contributed by atoms with E-state index < -0.39 is 5.91 Å². The number of rotatable bonds is 4. The molecule has 0 spiro atoms. The van der Waals surface area contributed by atoms with Crippen LogP contribution in [0.4, 0.5) is 5.00 Å². The van der Waals surface area contributed by atoms with Gasteiger partial charge in [-0.15, -0.1) is 11.3 Å². The number of hydrogen-bond acceptors (Lipinski definition) is 3. The Morgan fingerprint density at radius 3 is 2.64 bits per heavy atom. The van der Waals surface area contributed by atoms with Gasteiger partial charge in [0.15, 0.2) is 0 Å². The fraction of sp³-hybridized carbons (Fsp3) is 0.647. The minimum Gasteiger partial charge on any atom is -0.365 e. The third-order valence-corrected chi connectivity index (χ3v) is 6.32. The maximum atomic E-state index is 12.4. The molecule has 2 amide bonds. The molecule has 1 aromatic heterocycles. The number of primary amides is 1. The number of anilines is 1. The summed E-state index contributed by atoms with van der Waals surface area (Å²) in [6.45, 7) is 2.21. The number of nitrogens with one attached hydrogen (secondary N) is 1. The molecule has 1 saturated carbocycles. The summed E-state index contributed by atoms with van der Waals surface area (Å²) in [6, 6.07) is 0.